The Kier molecular flexibility index (Phi) is 2.74. The third kappa shape index (κ3) is 1.88. The molecule has 7 nitrogen and oxygen atoms in total. The van der Waals surface area contributed by atoms with Gasteiger partial charge in [0.15, 0.2) is 0 Å². The number of piperidine rings is 1. The minimum atomic E-state index is -0.333. The molecule has 0 aromatic carbocycles. The van der Waals surface area contributed by atoms with Crippen LogP contribution in [0.3, 0.4) is 0 Å². The SMILES string of the molecule is Cc1nn(C(C)C)c(NC2C3CNCC32)c1[N+](=O)[O-]. The number of nitrogens with one attached hydrogen (secondary N) is 2. The van der Waals surface area contributed by atoms with Crippen LogP contribution in [0.4, 0.5) is 11.5 Å². The number of anilines is 1. The van der Waals surface area contributed by atoms with Crippen LogP contribution in [0.1, 0.15) is 25.6 Å². The molecule has 19 heavy (non-hydrogen) atoms. The topological polar surface area (TPSA) is 85.0 Å². The minimum absolute atomic E-state index is 0.103. The molecule has 0 radical (unpaired) electrons. The Morgan fingerprint density at radius 1 is 1.47 bits per heavy atom. The van der Waals surface area contributed by atoms with Gasteiger partial charge in [0.1, 0.15) is 5.69 Å². The normalized spacial score (nSPS) is 28.5. The summed E-state index contributed by atoms with van der Waals surface area (Å²) in [6.45, 7) is 7.67. The van der Waals surface area contributed by atoms with Crippen LogP contribution in [-0.2, 0) is 0 Å². The Bertz CT molecular complexity index is 514. The summed E-state index contributed by atoms with van der Waals surface area (Å²) in [5, 5.41) is 22.2. The Balaban J connectivity index is 1.91. The highest BCUT2D eigenvalue weighted by molar-refractivity contribution is 5.61. The lowest BCUT2D eigenvalue weighted by Crippen LogP contribution is -2.23. The summed E-state index contributed by atoms with van der Waals surface area (Å²) < 4.78 is 1.73. The summed E-state index contributed by atoms with van der Waals surface area (Å²) >= 11 is 0. The van der Waals surface area contributed by atoms with Crippen LogP contribution in [0.25, 0.3) is 0 Å². The molecule has 2 aliphatic rings. The number of nitrogens with zero attached hydrogens (tertiary/aromatic N) is 3. The predicted octanol–water partition coefficient (Wildman–Crippen LogP) is 1.31. The zero-order valence-electron chi connectivity index (χ0n) is 11.4. The first-order chi connectivity index (χ1) is 9.00. The average Bonchev–Trinajstić information content (AvgIpc) is 2.73. The molecule has 2 heterocycles. The molecule has 2 unspecified atom stereocenters. The first-order valence-electron chi connectivity index (χ1n) is 6.71. The van der Waals surface area contributed by atoms with Gasteiger partial charge in [0.2, 0.25) is 5.82 Å². The van der Waals surface area contributed by atoms with Crippen molar-refractivity contribution in [3.8, 4) is 0 Å². The van der Waals surface area contributed by atoms with Crippen molar-refractivity contribution in [1.29, 1.82) is 0 Å². The molecular formula is C12H19N5O2. The van der Waals surface area contributed by atoms with E-state index in [4.69, 9.17) is 0 Å². The molecule has 0 spiro atoms. The fourth-order valence-corrected chi connectivity index (χ4v) is 3.06. The second-order valence-corrected chi connectivity index (χ2v) is 5.73. The van der Waals surface area contributed by atoms with Crippen LogP contribution in [0.15, 0.2) is 0 Å². The molecule has 0 amide bonds. The van der Waals surface area contributed by atoms with E-state index in [1.165, 1.54) is 0 Å². The molecule has 1 saturated carbocycles. The smallest absolute Gasteiger partial charge is 0.333 e. The molecule has 1 aromatic rings. The van der Waals surface area contributed by atoms with Gasteiger partial charge in [-0.15, -0.1) is 0 Å². The monoisotopic (exact) mass is 265 g/mol. The molecular weight excluding hydrogens is 246 g/mol. The summed E-state index contributed by atoms with van der Waals surface area (Å²) in [7, 11) is 0. The minimum Gasteiger partial charge on any atom is -0.361 e. The average molecular weight is 265 g/mol. The Hall–Kier alpha value is -1.63. The number of nitro groups is 1. The van der Waals surface area contributed by atoms with E-state index in [-0.39, 0.29) is 16.7 Å². The van der Waals surface area contributed by atoms with Gasteiger partial charge < -0.3 is 10.6 Å². The summed E-state index contributed by atoms with van der Waals surface area (Å²) in [5.41, 5.74) is 0.594. The molecule has 104 valence electrons. The van der Waals surface area contributed by atoms with Crippen molar-refractivity contribution in [2.45, 2.75) is 32.9 Å². The van der Waals surface area contributed by atoms with Gasteiger partial charge in [-0.3, -0.25) is 10.1 Å². The highest BCUT2D eigenvalue weighted by Gasteiger charge is 2.54. The van der Waals surface area contributed by atoms with E-state index in [0.717, 1.165) is 13.1 Å². The molecule has 0 bridgehead atoms. The van der Waals surface area contributed by atoms with Gasteiger partial charge in [-0.05, 0) is 32.6 Å². The van der Waals surface area contributed by atoms with Crippen LogP contribution in [0.5, 0.6) is 0 Å². The van der Waals surface area contributed by atoms with E-state index in [1.807, 2.05) is 13.8 Å². The van der Waals surface area contributed by atoms with E-state index in [0.29, 0.717) is 29.4 Å². The lowest BCUT2D eigenvalue weighted by atomic mass is 10.3. The van der Waals surface area contributed by atoms with E-state index >= 15 is 0 Å². The largest absolute Gasteiger partial charge is 0.361 e. The number of aryl methyl sites for hydroxylation is 1. The highest BCUT2D eigenvalue weighted by Crippen LogP contribution is 2.45. The van der Waals surface area contributed by atoms with Crippen LogP contribution in [0, 0.1) is 28.9 Å². The third-order valence-corrected chi connectivity index (χ3v) is 4.12. The van der Waals surface area contributed by atoms with Crippen molar-refractivity contribution in [1.82, 2.24) is 15.1 Å². The van der Waals surface area contributed by atoms with Crippen molar-refractivity contribution in [2.75, 3.05) is 18.4 Å². The standard InChI is InChI=1S/C12H19N5O2/c1-6(2)16-12(11(17(18)19)7(3)15-16)14-10-8-4-13-5-9(8)10/h6,8-10,13-14H,4-5H2,1-3H3. The van der Waals surface area contributed by atoms with Crippen molar-refractivity contribution < 1.29 is 4.92 Å². The van der Waals surface area contributed by atoms with Crippen LogP contribution < -0.4 is 10.6 Å². The number of hydrogen-bond donors (Lipinski definition) is 2. The van der Waals surface area contributed by atoms with Gasteiger partial charge in [-0.25, -0.2) is 4.68 Å². The van der Waals surface area contributed by atoms with Gasteiger partial charge in [0, 0.05) is 25.2 Å². The third-order valence-electron chi connectivity index (χ3n) is 4.12. The molecule has 3 rings (SSSR count). The second-order valence-electron chi connectivity index (χ2n) is 5.73. The molecule has 1 aromatic heterocycles. The molecule has 2 fully saturated rings. The van der Waals surface area contributed by atoms with Gasteiger partial charge in [0.05, 0.1) is 4.92 Å². The van der Waals surface area contributed by atoms with Crippen molar-refractivity contribution in [3.63, 3.8) is 0 Å². The summed E-state index contributed by atoms with van der Waals surface area (Å²) in [5.74, 6) is 1.78. The van der Waals surface area contributed by atoms with Gasteiger partial charge in [-0.1, -0.05) is 0 Å². The van der Waals surface area contributed by atoms with E-state index in [9.17, 15) is 10.1 Å². The Labute approximate surface area is 111 Å². The number of hydrogen-bond acceptors (Lipinski definition) is 5. The Morgan fingerprint density at radius 3 is 2.63 bits per heavy atom. The predicted molar refractivity (Wildman–Crippen MR) is 71.3 cm³/mol. The van der Waals surface area contributed by atoms with Crippen LogP contribution in [-0.4, -0.2) is 33.8 Å². The first kappa shape index (κ1) is 12.4. The number of fused-ring (bicyclic) bond motifs is 1. The Morgan fingerprint density at radius 2 is 2.11 bits per heavy atom. The molecule has 1 saturated heterocycles. The van der Waals surface area contributed by atoms with E-state index < -0.39 is 0 Å². The zero-order chi connectivity index (χ0) is 13.7. The molecule has 1 aliphatic carbocycles. The van der Waals surface area contributed by atoms with E-state index in [1.54, 1.807) is 11.6 Å². The second kappa shape index (κ2) is 4.19. The first-order valence-corrected chi connectivity index (χ1v) is 6.71. The molecule has 7 heteroatoms. The lowest BCUT2D eigenvalue weighted by molar-refractivity contribution is -0.384. The summed E-state index contributed by atoms with van der Waals surface area (Å²) in [6.07, 6.45) is 0. The van der Waals surface area contributed by atoms with E-state index in [2.05, 4.69) is 15.7 Å². The van der Waals surface area contributed by atoms with Crippen molar-refractivity contribution in [2.24, 2.45) is 11.8 Å². The zero-order valence-corrected chi connectivity index (χ0v) is 11.4. The maximum Gasteiger partial charge on any atom is 0.333 e. The molecule has 2 atom stereocenters. The van der Waals surface area contributed by atoms with Crippen molar-refractivity contribution >= 4 is 11.5 Å². The van der Waals surface area contributed by atoms with Crippen LogP contribution >= 0.6 is 0 Å². The fraction of sp³-hybridized carbons (Fsp3) is 0.750. The van der Waals surface area contributed by atoms with Gasteiger partial charge >= 0.3 is 5.69 Å². The molecule has 2 N–H and O–H groups in total. The lowest BCUT2D eigenvalue weighted by Gasteiger charge is -2.13. The van der Waals surface area contributed by atoms with Crippen LogP contribution in [0.2, 0.25) is 0 Å². The number of rotatable bonds is 4. The quantitative estimate of drug-likeness (QED) is 0.633. The highest BCUT2D eigenvalue weighted by atomic mass is 16.6. The van der Waals surface area contributed by atoms with Crippen molar-refractivity contribution in [3.05, 3.63) is 15.8 Å². The fourth-order valence-electron chi connectivity index (χ4n) is 3.06. The molecule has 1 aliphatic heterocycles. The maximum absolute atomic E-state index is 11.2. The van der Waals surface area contributed by atoms with Gasteiger partial charge in [0.25, 0.3) is 0 Å². The maximum atomic E-state index is 11.2. The summed E-state index contributed by atoms with van der Waals surface area (Å²) in [6, 6.07) is 0.458. The van der Waals surface area contributed by atoms with Gasteiger partial charge in [-0.2, -0.15) is 5.10 Å². The number of aromatic nitrogens is 2. The summed E-state index contributed by atoms with van der Waals surface area (Å²) in [4.78, 5) is 10.9.